The number of allylic oxidation sites excluding steroid dienone is 1. The van der Waals surface area contributed by atoms with Crippen LogP contribution in [-0.4, -0.2) is 62.8 Å². The van der Waals surface area contributed by atoms with Crippen molar-refractivity contribution in [3.8, 4) is 22.9 Å². The van der Waals surface area contributed by atoms with E-state index in [9.17, 15) is 4.79 Å². The molecule has 0 N–H and O–H groups in total. The van der Waals surface area contributed by atoms with Gasteiger partial charge < -0.3 is 28.4 Å². The van der Waals surface area contributed by atoms with E-state index in [0.717, 1.165) is 0 Å². The van der Waals surface area contributed by atoms with Gasteiger partial charge >= 0.3 is 6.16 Å². The highest BCUT2D eigenvalue weighted by Gasteiger charge is 2.43. The van der Waals surface area contributed by atoms with Crippen molar-refractivity contribution in [3.05, 3.63) is 11.5 Å². The number of carbonyl (C=O) groups excluding carboxylic acids is 1. The van der Waals surface area contributed by atoms with Gasteiger partial charge in [-0.2, -0.15) is 0 Å². The molecule has 0 aliphatic rings. The molecule has 0 spiro atoms. The molecule has 0 bridgehead atoms. The quantitative estimate of drug-likeness (QED) is 0.0606. The maximum atomic E-state index is 12.7. The number of carbonyl (C=O) groups is 1. The van der Waals surface area contributed by atoms with Gasteiger partial charge in [-0.1, -0.05) is 89.0 Å². The van der Waals surface area contributed by atoms with Gasteiger partial charge in [0, 0.05) is 14.2 Å². The third kappa shape index (κ3) is 10.5. The van der Waals surface area contributed by atoms with Crippen LogP contribution in [0.15, 0.2) is 11.5 Å². The van der Waals surface area contributed by atoms with Gasteiger partial charge in [0.15, 0.2) is 12.9 Å². The summed E-state index contributed by atoms with van der Waals surface area (Å²) in [5, 5.41) is 0. The van der Waals surface area contributed by atoms with E-state index in [0.29, 0.717) is 33.2 Å². The monoisotopic (exact) mass is 610 g/mol. The van der Waals surface area contributed by atoms with Gasteiger partial charge in [0.2, 0.25) is 11.5 Å². The van der Waals surface area contributed by atoms with Crippen LogP contribution >= 0.6 is 0 Å². The minimum Gasteiger partial charge on any atom is -0.456 e. The Morgan fingerprint density at radius 3 is 1.49 bits per heavy atom. The average Bonchev–Trinajstić information content (AvgIpc) is 2.86. The molecule has 0 aromatic rings. The predicted molar refractivity (Wildman–Crippen MR) is 172 cm³/mol. The Morgan fingerprint density at radius 1 is 0.659 bits per heavy atom. The lowest BCUT2D eigenvalue weighted by atomic mass is 10.2. The van der Waals surface area contributed by atoms with E-state index in [1.54, 1.807) is 6.92 Å². The molecule has 0 amide bonds. The van der Waals surface area contributed by atoms with Crippen LogP contribution in [0.25, 0.3) is 0 Å². The predicted octanol–water partition coefficient (Wildman–Crippen LogP) is 8.42. The summed E-state index contributed by atoms with van der Waals surface area (Å²) in [6, 6.07) is 0. The average molecular weight is 611 g/mol. The molecule has 236 valence electrons. The van der Waals surface area contributed by atoms with E-state index in [1.807, 2.05) is 0 Å². The van der Waals surface area contributed by atoms with E-state index in [2.05, 4.69) is 106 Å². The second-order valence-corrected chi connectivity index (χ2v) is 23.5. The lowest BCUT2D eigenvalue weighted by molar-refractivity contribution is -0.0600. The van der Waals surface area contributed by atoms with Gasteiger partial charge in [0.25, 0.3) is 0 Å². The van der Waals surface area contributed by atoms with Crippen LogP contribution in [0.5, 0.6) is 0 Å². The summed E-state index contributed by atoms with van der Waals surface area (Å²) in [5.74, 6) is 6.84. The summed E-state index contributed by atoms with van der Waals surface area (Å²) in [4.78, 5) is 12.7. The van der Waals surface area contributed by atoms with Crippen LogP contribution in [-0.2, 0) is 28.4 Å². The van der Waals surface area contributed by atoms with Gasteiger partial charge in [-0.25, -0.2) is 4.79 Å². The topological polar surface area (TPSA) is 72.5 Å². The molecule has 0 rings (SSSR count). The first-order valence-electron chi connectivity index (χ1n) is 15.0. The first-order valence-corrected chi connectivity index (χ1v) is 19.4. The summed E-state index contributed by atoms with van der Waals surface area (Å²) in [6.07, 6.45) is -1.85. The molecule has 0 aromatic heterocycles. The maximum absolute atomic E-state index is 12.7. The minimum atomic E-state index is -2.17. The second kappa shape index (κ2) is 18.7. The molecule has 0 aromatic carbocycles. The summed E-state index contributed by atoms with van der Waals surface area (Å²) in [5.41, 5.74) is 9.71. The zero-order valence-electron chi connectivity index (χ0n) is 28.5. The van der Waals surface area contributed by atoms with Crippen LogP contribution in [0.1, 0.15) is 90.0 Å². The third-order valence-electron chi connectivity index (χ3n) is 8.14. The molecule has 0 aliphatic heterocycles. The highest BCUT2D eigenvalue weighted by atomic mass is 28.3. The molecule has 1 atom stereocenters. The number of hydrogen-bond donors (Lipinski definition) is 0. The van der Waals surface area contributed by atoms with Crippen molar-refractivity contribution in [2.45, 2.75) is 129 Å². The zero-order valence-corrected chi connectivity index (χ0v) is 30.5. The van der Waals surface area contributed by atoms with E-state index < -0.39 is 28.4 Å². The van der Waals surface area contributed by atoms with Crippen LogP contribution in [0.3, 0.4) is 0 Å². The summed E-state index contributed by atoms with van der Waals surface area (Å²) < 4.78 is 33.5. The number of rotatable bonds is 15. The largest absolute Gasteiger partial charge is 0.513 e. The van der Waals surface area contributed by atoms with Crippen LogP contribution in [0, 0.1) is 22.9 Å². The van der Waals surface area contributed by atoms with Gasteiger partial charge in [-0.3, -0.25) is 0 Å². The molecule has 0 fully saturated rings. The SMILES string of the molecule is CCOC(=O)O/C(=C(/C#C[Si](C(C)C)(C(C)C)C(C)C)OCOC)C(C#C[Si](C(C)C)(C(C)C)C(C)C)OCOC. The lowest BCUT2D eigenvalue weighted by Crippen LogP contribution is -2.43. The minimum absolute atomic E-state index is 0.0517. The highest BCUT2D eigenvalue weighted by Crippen LogP contribution is 2.42. The van der Waals surface area contributed by atoms with Crippen LogP contribution in [0.4, 0.5) is 4.79 Å². The number of ether oxygens (including phenoxy) is 6. The Labute approximate surface area is 253 Å². The lowest BCUT2D eigenvalue weighted by Gasteiger charge is -2.38. The standard InChI is InChI=1S/C32H58O7Si2/c1-16-36-32(33)39-31(29(37-21-34-14)17-19-40(23(2)3,24(4)5)25(6)7)30(38-22-35-15)18-20-41(26(8)9,27(10)11)28(12)13/h23-29H,16,21-22H2,1-15H3/b31-30-. The molecule has 7 nitrogen and oxygen atoms in total. The summed E-state index contributed by atoms with van der Waals surface area (Å²) in [6.45, 7) is 28.6. The Balaban J connectivity index is 7.68. The van der Waals surface area contributed by atoms with E-state index in [-0.39, 0.29) is 31.7 Å². The Bertz CT molecular complexity index is 903. The highest BCUT2D eigenvalue weighted by molar-refractivity contribution is 6.91. The fourth-order valence-corrected chi connectivity index (χ4v) is 16.7. The number of methoxy groups -OCH3 is 2. The second-order valence-electron chi connectivity index (χ2n) is 12.3. The van der Waals surface area contributed by atoms with Crippen molar-refractivity contribution in [1.29, 1.82) is 0 Å². The molecule has 0 heterocycles. The van der Waals surface area contributed by atoms with Gasteiger partial charge in [0.05, 0.1) is 6.61 Å². The normalized spacial score (nSPS) is 13.7. The van der Waals surface area contributed by atoms with E-state index in [4.69, 9.17) is 28.4 Å². The summed E-state index contributed by atoms with van der Waals surface area (Å²) in [7, 11) is -1.26. The van der Waals surface area contributed by atoms with E-state index >= 15 is 0 Å². The smallest absolute Gasteiger partial charge is 0.456 e. The fraction of sp³-hybridized carbons (Fsp3) is 0.781. The molecular formula is C32H58O7Si2. The molecule has 0 saturated heterocycles. The Kier molecular flexibility index (Phi) is 17.9. The molecule has 9 heteroatoms. The first-order chi connectivity index (χ1) is 19.1. The summed E-state index contributed by atoms with van der Waals surface area (Å²) >= 11 is 0. The number of hydrogen-bond acceptors (Lipinski definition) is 7. The van der Waals surface area contributed by atoms with Crippen LogP contribution in [0.2, 0.25) is 33.2 Å². The van der Waals surface area contributed by atoms with Crippen molar-refractivity contribution >= 4 is 22.3 Å². The fourth-order valence-electron chi connectivity index (χ4n) is 6.28. The molecule has 0 saturated carbocycles. The van der Waals surface area contributed by atoms with Crippen molar-refractivity contribution in [3.63, 3.8) is 0 Å². The van der Waals surface area contributed by atoms with Gasteiger partial charge in [0.1, 0.15) is 22.9 Å². The van der Waals surface area contributed by atoms with Gasteiger partial charge in [-0.05, 0) is 46.1 Å². The third-order valence-corrected chi connectivity index (χ3v) is 20.7. The molecule has 41 heavy (non-hydrogen) atoms. The Hall–Kier alpha value is -1.76. The van der Waals surface area contributed by atoms with Gasteiger partial charge in [-0.15, -0.1) is 11.1 Å². The van der Waals surface area contributed by atoms with E-state index in [1.165, 1.54) is 14.2 Å². The van der Waals surface area contributed by atoms with Crippen molar-refractivity contribution in [2.24, 2.45) is 0 Å². The zero-order chi connectivity index (χ0) is 32.0. The molecule has 0 aliphatic carbocycles. The van der Waals surface area contributed by atoms with Crippen molar-refractivity contribution < 1.29 is 33.2 Å². The first kappa shape index (κ1) is 39.2. The maximum Gasteiger partial charge on any atom is 0.513 e. The van der Waals surface area contributed by atoms with Crippen molar-refractivity contribution in [1.82, 2.24) is 0 Å². The molecular weight excluding hydrogens is 553 g/mol. The van der Waals surface area contributed by atoms with Crippen molar-refractivity contribution in [2.75, 3.05) is 34.4 Å². The molecule has 1 unspecified atom stereocenters. The van der Waals surface area contributed by atoms with Crippen LogP contribution < -0.4 is 0 Å². The Morgan fingerprint density at radius 2 is 1.10 bits per heavy atom. The molecule has 0 radical (unpaired) electrons.